The Kier molecular flexibility index (Phi) is 3.44. The van der Waals surface area contributed by atoms with Crippen molar-refractivity contribution in [3.63, 3.8) is 0 Å². The standard InChI is InChI=1S/C20H24O9/c1-7-4-10(21)13(23)17(3)9(7)5-11-18-6-28-20(27,16(17)18)12(22)8(2)19(18,26)14(24)15(25)29-11/h4,9,11-14,16,22-24,26-27H,2,5-6H2,1,3H3/t9-,11-,12-,13-,14-,16-,17+,18+,19+,20-/m1/s1. The first-order chi connectivity index (χ1) is 13.4. The fraction of sp³-hybridized carbons (Fsp3) is 0.700. The van der Waals surface area contributed by atoms with E-state index in [9.17, 15) is 35.1 Å². The molecule has 0 aromatic heterocycles. The van der Waals surface area contributed by atoms with Crippen molar-refractivity contribution >= 4 is 11.8 Å². The quantitative estimate of drug-likeness (QED) is 0.230. The van der Waals surface area contributed by atoms with Crippen molar-refractivity contribution in [1.82, 2.24) is 0 Å². The maximum atomic E-state index is 12.5. The van der Waals surface area contributed by atoms with Crippen molar-refractivity contribution in [3.8, 4) is 0 Å². The van der Waals surface area contributed by atoms with Crippen molar-refractivity contribution < 1.29 is 44.6 Å². The van der Waals surface area contributed by atoms with Gasteiger partial charge in [0.1, 0.15) is 23.9 Å². The van der Waals surface area contributed by atoms with Gasteiger partial charge in [0.2, 0.25) is 5.79 Å². The third-order valence-electron chi connectivity index (χ3n) is 8.44. The lowest BCUT2D eigenvalue weighted by molar-refractivity contribution is -0.337. The van der Waals surface area contributed by atoms with Crippen LogP contribution in [-0.2, 0) is 19.1 Å². The number of fused-ring (bicyclic) bond motifs is 1. The molecule has 2 heterocycles. The van der Waals surface area contributed by atoms with E-state index in [0.717, 1.165) is 0 Å². The van der Waals surface area contributed by atoms with Crippen molar-refractivity contribution in [2.75, 3.05) is 6.61 Å². The minimum absolute atomic E-state index is 0.142. The molecule has 5 N–H and O–H groups in total. The zero-order valence-corrected chi connectivity index (χ0v) is 16.0. The van der Waals surface area contributed by atoms with Gasteiger partial charge in [0, 0.05) is 11.3 Å². The average Bonchev–Trinajstić information content (AvgIpc) is 2.98. The Labute approximate surface area is 166 Å². The first-order valence-electron chi connectivity index (χ1n) is 9.63. The number of aliphatic hydroxyl groups excluding tert-OH is 3. The fourth-order valence-electron chi connectivity index (χ4n) is 7.19. The lowest BCUT2D eigenvalue weighted by Crippen LogP contribution is -2.82. The van der Waals surface area contributed by atoms with Crippen molar-refractivity contribution in [3.05, 3.63) is 23.8 Å². The largest absolute Gasteiger partial charge is 0.460 e. The SMILES string of the molecule is C=C1[C@@H](O)[C@@]2(O)OC[C@@]34[C@H]2[C@]2(C)[C@H](O)C(=O)C=C(C)[C@H]2C[C@H]3OC(=O)[C@@H](O)[C@@]14O. The van der Waals surface area contributed by atoms with E-state index in [0.29, 0.717) is 5.57 Å². The highest BCUT2D eigenvalue weighted by atomic mass is 16.7. The summed E-state index contributed by atoms with van der Waals surface area (Å²) < 4.78 is 11.1. The number of hydrogen-bond donors (Lipinski definition) is 5. The summed E-state index contributed by atoms with van der Waals surface area (Å²) in [6.07, 6.45) is -5.01. The number of carbonyl (C=O) groups excluding carboxylic acids is 2. The van der Waals surface area contributed by atoms with Gasteiger partial charge >= 0.3 is 5.97 Å². The van der Waals surface area contributed by atoms with Crippen molar-refractivity contribution in [1.29, 1.82) is 0 Å². The molecule has 29 heavy (non-hydrogen) atoms. The molecule has 2 saturated heterocycles. The molecular weight excluding hydrogens is 384 g/mol. The highest BCUT2D eigenvalue weighted by molar-refractivity contribution is 5.96. The first kappa shape index (κ1) is 19.3. The summed E-state index contributed by atoms with van der Waals surface area (Å²) in [6.45, 7) is 6.62. The predicted molar refractivity (Wildman–Crippen MR) is 93.8 cm³/mol. The third-order valence-corrected chi connectivity index (χ3v) is 8.44. The molecule has 2 aliphatic heterocycles. The number of carbonyl (C=O) groups is 2. The topological polar surface area (TPSA) is 154 Å². The van der Waals surface area contributed by atoms with Gasteiger partial charge in [-0.3, -0.25) is 4.79 Å². The molecular formula is C20H24O9. The molecule has 0 radical (unpaired) electrons. The molecule has 5 aliphatic rings. The number of aliphatic hydroxyl groups is 5. The second-order valence-electron chi connectivity index (χ2n) is 9.38. The maximum absolute atomic E-state index is 12.5. The van der Waals surface area contributed by atoms with Crippen LogP contribution in [0.5, 0.6) is 0 Å². The lowest BCUT2D eigenvalue weighted by atomic mass is 9.37. The number of ketones is 1. The van der Waals surface area contributed by atoms with E-state index in [1.54, 1.807) is 13.8 Å². The highest BCUT2D eigenvalue weighted by Crippen LogP contribution is 2.74. The van der Waals surface area contributed by atoms with Crippen LogP contribution < -0.4 is 0 Å². The Morgan fingerprint density at radius 2 is 1.79 bits per heavy atom. The van der Waals surface area contributed by atoms with Crippen LogP contribution in [0.4, 0.5) is 0 Å². The van der Waals surface area contributed by atoms with E-state index < -0.39 is 70.2 Å². The number of rotatable bonds is 0. The van der Waals surface area contributed by atoms with Gasteiger partial charge < -0.3 is 35.0 Å². The van der Waals surface area contributed by atoms with E-state index in [4.69, 9.17) is 9.47 Å². The first-order valence-corrected chi connectivity index (χ1v) is 9.63. The number of esters is 1. The second kappa shape index (κ2) is 5.16. The van der Waals surface area contributed by atoms with Crippen LogP contribution in [0.2, 0.25) is 0 Å². The Hall–Kier alpha value is -1.62. The summed E-state index contributed by atoms with van der Waals surface area (Å²) in [5, 5.41) is 55.7. The fourth-order valence-corrected chi connectivity index (χ4v) is 7.19. The number of allylic oxidation sites excluding steroid dienone is 1. The molecule has 0 amide bonds. The monoisotopic (exact) mass is 408 g/mol. The summed E-state index contributed by atoms with van der Waals surface area (Å²) in [6, 6.07) is 0. The zero-order valence-electron chi connectivity index (χ0n) is 16.0. The molecule has 9 heteroatoms. The molecule has 9 nitrogen and oxygen atoms in total. The zero-order chi connectivity index (χ0) is 21.3. The minimum Gasteiger partial charge on any atom is -0.460 e. The summed E-state index contributed by atoms with van der Waals surface area (Å²) in [7, 11) is 0. The van der Waals surface area contributed by atoms with Crippen LogP contribution in [0.25, 0.3) is 0 Å². The van der Waals surface area contributed by atoms with Crippen LogP contribution in [0.1, 0.15) is 20.3 Å². The molecule has 3 aliphatic carbocycles. The molecule has 0 aromatic carbocycles. The Bertz CT molecular complexity index is 896. The van der Waals surface area contributed by atoms with Gasteiger partial charge in [-0.1, -0.05) is 19.1 Å². The van der Waals surface area contributed by atoms with Crippen LogP contribution >= 0.6 is 0 Å². The van der Waals surface area contributed by atoms with E-state index in [-0.39, 0.29) is 18.6 Å². The summed E-state index contributed by atoms with van der Waals surface area (Å²) >= 11 is 0. The van der Waals surface area contributed by atoms with Crippen molar-refractivity contribution in [2.24, 2.45) is 22.7 Å². The Morgan fingerprint density at radius 1 is 1.14 bits per heavy atom. The molecule has 2 saturated carbocycles. The van der Waals surface area contributed by atoms with Crippen LogP contribution in [0.3, 0.4) is 0 Å². The molecule has 1 spiro atoms. The van der Waals surface area contributed by atoms with Gasteiger partial charge in [-0.15, -0.1) is 0 Å². The van der Waals surface area contributed by atoms with Gasteiger partial charge in [-0.2, -0.15) is 0 Å². The smallest absolute Gasteiger partial charge is 0.338 e. The van der Waals surface area contributed by atoms with Gasteiger partial charge in [-0.25, -0.2) is 4.79 Å². The van der Waals surface area contributed by atoms with Crippen LogP contribution in [-0.4, -0.2) is 79.7 Å². The van der Waals surface area contributed by atoms with E-state index >= 15 is 0 Å². The van der Waals surface area contributed by atoms with Crippen LogP contribution in [0, 0.1) is 22.7 Å². The molecule has 0 unspecified atom stereocenters. The predicted octanol–water partition coefficient (Wildman–Crippen LogP) is -1.83. The van der Waals surface area contributed by atoms with Gasteiger partial charge in [0.15, 0.2) is 11.9 Å². The van der Waals surface area contributed by atoms with Crippen LogP contribution in [0.15, 0.2) is 23.8 Å². The van der Waals surface area contributed by atoms with Gasteiger partial charge in [0.05, 0.1) is 12.0 Å². The van der Waals surface area contributed by atoms with E-state index in [1.807, 2.05) is 0 Å². The maximum Gasteiger partial charge on any atom is 0.338 e. The molecule has 10 atom stereocenters. The van der Waals surface area contributed by atoms with E-state index in [1.165, 1.54) is 6.08 Å². The molecule has 0 aromatic rings. The summed E-state index contributed by atoms with van der Waals surface area (Å²) in [5.41, 5.74) is -5.06. The molecule has 5 rings (SSSR count). The van der Waals surface area contributed by atoms with Crippen molar-refractivity contribution in [2.45, 2.75) is 56.1 Å². The minimum atomic E-state index is -2.37. The second-order valence-corrected chi connectivity index (χ2v) is 9.38. The normalized spacial score (nSPS) is 58.3. The highest BCUT2D eigenvalue weighted by Gasteiger charge is 2.87. The lowest BCUT2D eigenvalue weighted by Gasteiger charge is -2.69. The molecule has 158 valence electrons. The average molecular weight is 408 g/mol. The van der Waals surface area contributed by atoms with Gasteiger partial charge in [-0.05, 0) is 30.9 Å². The Balaban J connectivity index is 1.85. The summed E-state index contributed by atoms with van der Waals surface area (Å²) in [4.78, 5) is 25.0. The molecule has 4 fully saturated rings. The molecule has 2 bridgehead atoms. The van der Waals surface area contributed by atoms with Gasteiger partial charge in [0.25, 0.3) is 0 Å². The Morgan fingerprint density at radius 3 is 2.45 bits per heavy atom. The summed E-state index contributed by atoms with van der Waals surface area (Å²) in [5.74, 6) is -5.66. The van der Waals surface area contributed by atoms with E-state index in [2.05, 4.69) is 6.58 Å². The number of hydrogen-bond acceptors (Lipinski definition) is 9. The third kappa shape index (κ3) is 1.69. The number of ether oxygens (including phenoxy) is 2.